The van der Waals surface area contributed by atoms with Gasteiger partial charge in [-0.2, -0.15) is 0 Å². The lowest BCUT2D eigenvalue weighted by molar-refractivity contribution is 0.0949. The number of hydrogen-bond acceptors (Lipinski definition) is 4. The van der Waals surface area contributed by atoms with Crippen molar-refractivity contribution in [2.75, 3.05) is 54.8 Å². The van der Waals surface area contributed by atoms with Gasteiger partial charge in [0.25, 0.3) is 5.91 Å². The van der Waals surface area contributed by atoms with E-state index >= 15 is 0 Å². The molecule has 190 valence electrons. The van der Waals surface area contributed by atoms with Gasteiger partial charge in [-0.25, -0.2) is 4.79 Å². The van der Waals surface area contributed by atoms with Crippen molar-refractivity contribution in [3.05, 3.63) is 53.1 Å². The van der Waals surface area contributed by atoms with Gasteiger partial charge in [-0.05, 0) is 81.1 Å². The van der Waals surface area contributed by atoms with Crippen molar-refractivity contribution < 1.29 is 9.59 Å². The van der Waals surface area contributed by atoms with Gasteiger partial charge in [0.1, 0.15) is 0 Å². The molecule has 0 saturated carbocycles. The Bertz CT molecular complexity index is 1010. The van der Waals surface area contributed by atoms with Crippen LogP contribution in [0.1, 0.15) is 55.1 Å². The fourth-order valence-corrected chi connectivity index (χ4v) is 4.45. The summed E-state index contributed by atoms with van der Waals surface area (Å²) >= 11 is 0. The minimum Gasteiger partial charge on any atom is -0.371 e. The van der Waals surface area contributed by atoms with Crippen LogP contribution in [0.15, 0.2) is 36.4 Å². The molecule has 0 aromatic heterocycles. The summed E-state index contributed by atoms with van der Waals surface area (Å²) in [7, 11) is 0. The standard InChI is InChI=1S/C28H41N5O2/c1-6-32(7-2)18-15-29-27(34)24-19-23(11-12-26(24)33-16-13-20(3)14-17-33)30-28(35)31-25-10-8-9-21(4)22(25)5/h8-12,19-20H,6-7,13-18H2,1-5H3,(H,29,34)(H2,30,31,35). The summed E-state index contributed by atoms with van der Waals surface area (Å²) in [6.45, 7) is 15.7. The number of carbonyl (C=O) groups excluding carboxylic acids is 2. The van der Waals surface area contributed by atoms with E-state index in [9.17, 15) is 9.59 Å². The first kappa shape index (κ1) is 26.5. The van der Waals surface area contributed by atoms with Gasteiger partial charge < -0.3 is 25.8 Å². The topological polar surface area (TPSA) is 76.7 Å². The van der Waals surface area contributed by atoms with Crippen molar-refractivity contribution in [1.82, 2.24) is 10.2 Å². The van der Waals surface area contributed by atoms with Gasteiger partial charge in [-0.15, -0.1) is 0 Å². The monoisotopic (exact) mass is 479 g/mol. The highest BCUT2D eigenvalue weighted by Gasteiger charge is 2.22. The SMILES string of the molecule is CCN(CC)CCNC(=O)c1cc(NC(=O)Nc2cccc(C)c2C)ccc1N1CCC(C)CC1. The van der Waals surface area contributed by atoms with Crippen LogP contribution in [0.5, 0.6) is 0 Å². The first-order valence-corrected chi connectivity index (χ1v) is 12.9. The summed E-state index contributed by atoms with van der Waals surface area (Å²) in [5.74, 6) is 0.594. The summed E-state index contributed by atoms with van der Waals surface area (Å²) in [6, 6.07) is 11.1. The maximum Gasteiger partial charge on any atom is 0.323 e. The molecule has 2 aromatic rings. The van der Waals surface area contributed by atoms with Gasteiger partial charge in [0.15, 0.2) is 0 Å². The Labute approximate surface area is 210 Å². The maximum atomic E-state index is 13.3. The predicted molar refractivity (Wildman–Crippen MR) is 146 cm³/mol. The minimum absolute atomic E-state index is 0.107. The fraction of sp³-hybridized carbons (Fsp3) is 0.500. The molecule has 3 N–H and O–H groups in total. The Balaban J connectivity index is 1.76. The molecular weight excluding hydrogens is 438 g/mol. The van der Waals surface area contributed by atoms with Gasteiger partial charge in [-0.1, -0.05) is 32.9 Å². The summed E-state index contributed by atoms with van der Waals surface area (Å²) in [5.41, 5.74) is 5.05. The second-order valence-corrected chi connectivity index (χ2v) is 9.51. The molecule has 35 heavy (non-hydrogen) atoms. The number of piperidine rings is 1. The summed E-state index contributed by atoms with van der Waals surface area (Å²) in [4.78, 5) is 30.6. The minimum atomic E-state index is -0.328. The maximum absolute atomic E-state index is 13.3. The molecule has 0 aliphatic carbocycles. The average molecular weight is 480 g/mol. The zero-order valence-corrected chi connectivity index (χ0v) is 21.9. The molecule has 1 heterocycles. The van der Waals surface area contributed by atoms with Crippen LogP contribution in [0.3, 0.4) is 0 Å². The smallest absolute Gasteiger partial charge is 0.323 e. The zero-order chi connectivity index (χ0) is 25.4. The Morgan fingerprint density at radius 3 is 2.43 bits per heavy atom. The largest absolute Gasteiger partial charge is 0.371 e. The van der Waals surface area contributed by atoms with Gasteiger partial charge in [0.05, 0.1) is 5.56 Å². The van der Waals surface area contributed by atoms with E-state index in [1.807, 2.05) is 44.2 Å². The van der Waals surface area contributed by atoms with Crippen LogP contribution >= 0.6 is 0 Å². The van der Waals surface area contributed by atoms with Gasteiger partial charge in [0, 0.05) is 43.2 Å². The molecule has 3 amide bonds. The highest BCUT2D eigenvalue weighted by Crippen LogP contribution is 2.29. The van der Waals surface area contributed by atoms with E-state index < -0.39 is 0 Å². The number of likely N-dealkylation sites (N-methyl/N-ethyl adjacent to an activating group) is 1. The number of hydrogen-bond donors (Lipinski definition) is 3. The van der Waals surface area contributed by atoms with Crippen molar-refractivity contribution in [3.8, 4) is 0 Å². The van der Waals surface area contributed by atoms with E-state index in [0.717, 1.165) is 68.1 Å². The van der Waals surface area contributed by atoms with Crippen LogP contribution in [-0.2, 0) is 0 Å². The van der Waals surface area contributed by atoms with E-state index in [1.165, 1.54) is 0 Å². The van der Waals surface area contributed by atoms with E-state index in [4.69, 9.17) is 0 Å². The number of aryl methyl sites for hydroxylation is 1. The normalized spacial score (nSPS) is 14.2. The first-order valence-electron chi connectivity index (χ1n) is 12.9. The lowest BCUT2D eigenvalue weighted by Crippen LogP contribution is -2.37. The van der Waals surface area contributed by atoms with Crippen molar-refractivity contribution >= 4 is 29.0 Å². The number of anilines is 3. The first-order chi connectivity index (χ1) is 16.8. The van der Waals surface area contributed by atoms with Crippen molar-refractivity contribution in [2.45, 2.75) is 47.5 Å². The molecule has 2 aromatic carbocycles. The molecule has 1 aliphatic rings. The van der Waals surface area contributed by atoms with E-state index in [1.54, 1.807) is 6.07 Å². The molecular formula is C28H41N5O2. The van der Waals surface area contributed by atoms with Crippen molar-refractivity contribution in [2.24, 2.45) is 5.92 Å². The molecule has 1 fully saturated rings. The molecule has 0 unspecified atom stereocenters. The summed E-state index contributed by atoms with van der Waals surface area (Å²) in [6.07, 6.45) is 2.22. The van der Waals surface area contributed by atoms with Crippen LogP contribution in [0.25, 0.3) is 0 Å². The van der Waals surface area contributed by atoms with Crippen molar-refractivity contribution in [1.29, 1.82) is 0 Å². The quantitative estimate of drug-likeness (QED) is 0.459. The molecule has 3 rings (SSSR count). The lowest BCUT2D eigenvalue weighted by atomic mass is 9.98. The Morgan fingerprint density at radius 1 is 1.03 bits per heavy atom. The predicted octanol–water partition coefficient (Wildman–Crippen LogP) is 5.26. The lowest BCUT2D eigenvalue weighted by Gasteiger charge is -2.33. The number of carbonyl (C=O) groups is 2. The molecule has 0 bridgehead atoms. The van der Waals surface area contributed by atoms with Gasteiger partial charge >= 0.3 is 6.03 Å². The average Bonchev–Trinajstić information content (AvgIpc) is 2.85. The molecule has 0 radical (unpaired) electrons. The van der Waals surface area contributed by atoms with E-state index in [-0.39, 0.29) is 11.9 Å². The molecule has 0 spiro atoms. The fourth-order valence-electron chi connectivity index (χ4n) is 4.45. The highest BCUT2D eigenvalue weighted by atomic mass is 16.2. The third kappa shape index (κ3) is 7.21. The Morgan fingerprint density at radius 2 is 1.74 bits per heavy atom. The van der Waals surface area contributed by atoms with E-state index in [0.29, 0.717) is 23.7 Å². The van der Waals surface area contributed by atoms with Crippen molar-refractivity contribution in [3.63, 3.8) is 0 Å². The van der Waals surface area contributed by atoms with Crippen LogP contribution in [-0.4, -0.2) is 56.1 Å². The number of benzene rings is 2. The summed E-state index contributed by atoms with van der Waals surface area (Å²) in [5, 5.41) is 8.91. The van der Waals surface area contributed by atoms with Gasteiger partial charge in [-0.3, -0.25) is 4.79 Å². The van der Waals surface area contributed by atoms with Crippen LogP contribution < -0.4 is 20.9 Å². The zero-order valence-electron chi connectivity index (χ0n) is 21.9. The van der Waals surface area contributed by atoms with Crippen LogP contribution in [0.2, 0.25) is 0 Å². The third-order valence-corrected chi connectivity index (χ3v) is 7.08. The number of urea groups is 1. The molecule has 1 aliphatic heterocycles. The number of nitrogens with one attached hydrogen (secondary N) is 3. The Kier molecular flexibility index (Phi) is 9.55. The van der Waals surface area contributed by atoms with Gasteiger partial charge in [0.2, 0.25) is 0 Å². The second kappa shape index (κ2) is 12.6. The van der Waals surface area contributed by atoms with Crippen LogP contribution in [0.4, 0.5) is 21.9 Å². The Hall–Kier alpha value is -3.06. The third-order valence-electron chi connectivity index (χ3n) is 7.08. The van der Waals surface area contributed by atoms with E-state index in [2.05, 4.69) is 46.5 Å². The molecule has 7 nitrogen and oxygen atoms in total. The second-order valence-electron chi connectivity index (χ2n) is 9.51. The number of nitrogens with zero attached hydrogens (tertiary/aromatic N) is 2. The molecule has 7 heteroatoms. The highest BCUT2D eigenvalue weighted by molar-refractivity contribution is 6.04. The molecule has 0 atom stereocenters. The van der Waals surface area contributed by atoms with Crippen LogP contribution in [0, 0.1) is 19.8 Å². The molecule has 1 saturated heterocycles. The number of rotatable bonds is 9. The number of amides is 3. The summed E-state index contributed by atoms with van der Waals surface area (Å²) < 4.78 is 0.